The average Bonchev–Trinajstić information content (AvgIpc) is 2.54. The number of hydrogen-bond acceptors (Lipinski definition) is 3. The first kappa shape index (κ1) is 16.5. The van der Waals surface area contributed by atoms with Crippen molar-refractivity contribution < 1.29 is 9.53 Å². The Morgan fingerprint density at radius 2 is 1.43 bits per heavy atom. The molecule has 3 heteroatoms. The third kappa shape index (κ3) is 5.43. The van der Waals surface area contributed by atoms with Gasteiger partial charge in [-0.05, 0) is 67.3 Å². The summed E-state index contributed by atoms with van der Waals surface area (Å²) >= 11 is 4.22. The van der Waals surface area contributed by atoms with Crippen molar-refractivity contribution in [3.63, 3.8) is 0 Å². The number of carbonyl (C=O) groups is 1. The second-order valence-corrected chi connectivity index (χ2v) is 5.26. The van der Waals surface area contributed by atoms with Crippen LogP contribution in [-0.2, 0) is 4.79 Å². The minimum Gasteiger partial charge on any atom is -0.423 e. The number of thiol groups is 1. The summed E-state index contributed by atoms with van der Waals surface area (Å²) in [6.07, 6.45) is 0. The molecule has 23 heavy (non-hydrogen) atoms. The van der Waals surface area contributed by atoms with Crippen LogP contribution in [0.15, 0.2) is 65.6 Å². The number of ether oxygens (including phenoxy) is 1. The highest BCUT2D eigenvalue weighted by Crippen LogP contribution is 2.13. The summed E-state index contributed by atoms with van der Waals surface area (Å²) in [6.45, 7) is 5.13. The van der Waals surface area contributed by atoms with E-state index in [1.165, 1.54) is 0 Å². The maximum Gasteiger partial charge on any atom is 0.338 e. The van der Waals surface area contributed by atoms with E-state index >= 15 is 0 Å². The molecule has 0 fully saturated rings. The van der Waals surface area contributed by atoms with Crippen LogP contribution < -0.4 is 4.74 Å². The van der Waals surface area contributed by atoms with Gasteiger partial charge >= 0.3 is 5.97 Å². The Bertz CT molecular complexity index is 839. The predicted octanol–water partition coefficient (Wildman–Crippen LogP) is 3.86. The van der Waals surface area contributed by atoms with E-state index in [0.717, 1.165) is 16.0 Å². The van der Waals surface area contributed by atoms with Gasteiger partial charge in [0.25, 0.3) is 0 Å². The van der Waals surface area contributed by atoms with Gasteiger partial charge in [0.1, 0.15) is 5.75 Å². The Labute approximate surface area is 141 Å². The Balaban J connectivity index is 2.01. The number of hydrogen-bond donors (Lipinski definition) is 1. The molecule has 0 bridgehead atoms. The second-order valence-electron chi connectivity index (χ2n) is 4.74. The van der Waals surface area contributed by atoms with E-state index in [2.05, 4.69) is 42.9 Å². The van der Waals surface area contributed by atoms with Gasteiger partial charge in [-0.25, -0.2) is 4.79 Å². The number of carbonyl (C=O) groups excluding carboxylic acids is 1. The topological polar surface area (TPSA) is 26.3 Å². The lowest BCUT2D eigenvalue weighted by molar-refractivity contribution is -0.130. The van der Waals surface area contributed by atoms with E-state index in [1.54, 1.807) is 31.2 Å². The van der Waals surface area contributed by atoms with Crippen LogP contribution in [0.4, 0.5) is 0 Å². The minimum atomic E-state index is -0.443. The van der Waals surface area contributed by atoms with Gasteiger partial charge in [0.2, 0.25) is 0 Å². The third-order valence-corrected chi connectivity index (χ3v) is 3.05. The average molecular weight is 318 g/mol. The van der Waals surface area contributed by atoms with E-state index in [0.29, 0.717) is 11.3 Å². The quantitative estimate of drug-likeness (QED) is 0.299. The van der Waals surface area contributed by atoms with Crippen LogP contribution >= 0.6 is 12.6 Å². The number of esters is 1. The summed E-state index contributed by atoms with van der Waals surface area (Å²) in [5.74, 6) is 11.5. The van der Waals surface area contributed by atoms with Gasteiger partial charge in [0, 0.05) is 21.6 Å². The fraction of sp³-hybridized carbons (Fsp3) is 0.0500. The van der Waals surface area contributed by atoms with Crippen molar-refractivity contribution in [2.75, 3.05) is 0 Å². The molecule has 0 radical (unpaired) electrons. The third-order valence-electron chi connectivity index (χ3n) is 2.76. The van der Waals surface area contributed by atoms with E-state index in [4.69, 9.17) is 4.74 Å². The Hall–Kier alpha value is -2.88. The maximum absolute atomic E-state index is 11.4. The molecule has 0 spiro atoms. The lowest BCUT2D eigenvalue weighted by Gasteiger charge is -2.02. The standard InChI is InChI=1S/C20H14O2S/c1-15(2)20(21)22-18-11-7-16(8-12-18)5-3-4-6-17-9-13-19(23)14-10-17/h7-14,23H,1H2,2H3. The molecule has 0 heterocycles. The van der Waals surface area contributed by atoms with Crippen LogP contribution in [0.1, 0.15) is 18.1 Å². The lowest BCUT2D eigenvalue weighted by Crippen LogP contribution is -2.07. The number of benzene rings is 2. The summed E-state index contributed by atoms with van der Waals surface area (Å²) in [4.78, 5) is 12.3. The van der Waals surface area contributed by atoms with Crippen LogP contribution in [0.3, 0.4) is 0 Å². The molecule has 0 atom stereocenters. The lowest BCUT2D eigenvalue weighted by atomic mass is 10.2. The van der Waals surface area contributed by atoms with Gasteiger partial charge in [-0.15, -0.1) is 12.6 Å². The van der Waals surface area contributed by atoms with Crippen molar-refractivity contribution >= 4 is 18.6 Å². The van der Waals surface area contributed by atoms with Crippen molar-refractivity contribution in [2.24, 2.45) is 0 Å². The van der Waals surface area contributed by atoms with Crippen LogP contribution in [-0.4, -0.2) is 5.97 Å². The first-order valence-electron chi connectivity index (χ1n) is 6.83. The molecular formula is C20H14O2S. The smallest absolute Gasteiger partial charge is 0.338 e. The molecule has 0 amide bonds. The fourth-order valence-electron chi connectivity index (χ4n) is 1.55. The molecule has 0 aromatic heterocycles. The summed E-state index contributed by atoms with van der Waals surface area (Å²) in [5.41, 5.74) is 2.04. The van der Waals surface area contributed by atoms with Crippen molar-refractivity contribution in [3.05, 3.63) is 71.8 Å². The molecule has 0 N–H and O–H groups in total. The Morgan fingerprint density at radius 1 is 0.957 bits per heavy atom. The molecule has 2 rings (SSSR count). The molecule has 112 valence electrons. The monoisotopic (exact) mass is 318 g/mol. The van der Waals surface area contributed by atoms with Crippen molar-refractivity contribution in [1.82, 2.24) is 0 Å². The molecule has 0 unspecified atom stereocenters. The summed E-state index contributed by atoms with van der Waals surface area (Å²) in [5, 5.41) is 0. The Morgan fingerprint density at radius 3 is 1.91 bits per heavy atom. The molecule has 0 saturated carbocycles. The van der Waals surface area contributed by atoms with Gasteiger partial charge in [0.15, 0.2) is 0 Å². The molecule has 2 nitrogen and oxygen atoms in total. The van der Waals surface area contributed by atoms with Crippen LogP contribution in [0.5, 0.6) is 5.75 Å². The van der Waals surface area contributed by atoms with E-state index in [-0.39, 0.29) is 0 Å². The summed E-state index contributed by atoms with van der Waals surface area (Å²) in [7, 11) is 0. The van der Waals surface area contributed by atoms with Crippen molar-refractivity contribution in [3.8, 4) is 29.4 Å². The zero-order valence-electron chi connectivity index (χ0n) is 12.6. The van der Waals surface area contributed by atoms with Crippen molar-refractivity contribution in [2.45, 2.75) is 11.8 Å². The van der Waals surface area contributed by atoms with Crippen LogP contribution in [0, 0.1) is 23.7 Å². The molecule has 0 saturated heterocycles. The van der Waals surface area contributed by atoms with E-state index in [9.17, 15) is 4.79 Å². The zero-order valence-corrected chi connectivity index (χ0v) is 13.5. The number of rotatable bonds is 2. The highest BCUT2D eigenvalue weighted by Gasteiger charge is 2.04. The van der Waals surface area contributed by atoms with Gasteiger partial charge in [-0.3, -0.25) is 0 Å². The second kappa shape index (κ2) is 7.94. The van der Waals surface area contributed by atoms with E-state index < -0.39 is 5.97 Å². The molecule has 2 aromatic rings. The zero-order chi connectivity index (χ0) is 16.7. The summed E-state index contributed by atoms with van der Waals surface area (Å²) in [6, 6.07) is 14.4. The summed E-state index contributed by atoms with van der Waals surface area (Å²) < 4.78 is 5.10. The largest absolute Gasteiger partial charge is 0.423 e. The highest BCUT2D eigenvalue weighted by atomic mass is 32.1. The fourth-order valence-corrected chi connectivity index (χ4v) is 1.70. The molecule has 2 aromatic carbocycles. The van der Waals surface area contributed by atoms with Crippen LogP contribution in [0.2, 0.25) is 0 Å². The molecule has 0 aliphatic rings. The first-order chi connectivity index (χ1) is 11.0. The van der Waals surface area contributed by atoms with Crippen LogP contribution in [0.25, 0.3) is 0 Å². The normalized spacial score (nSPS) is 8.96. The van der Waals surface area contributed by atoms with Gasteiger partial charge in [-0.1, -0.05) is 18.4 Å². The molecule has 0 aliphatic carbocycles. The predicted molar refractivity (Wildman–Crippen MR) is 94.3 cm³/mol. The molecular weight excluding hydrogens is 304 g/mol. The first-order valence-corrected chi connectivity index (χ1v) is 7.28. The van der Waals surface area contributed by atoms with Crippen molar-refractivity contribution in [1.29, 1.82) is 0 Å². The van der Waals surface area contributed by atoms with Gasteiger partial charge in [-0.2, -0.15) is 0 Å². The highest BCUT2D eigenvalue weighted by molar-refractivity contribution is 7.80. The molecule has 0 aliphatic heterocycles. The van der Waals surface area contributed by atoms with Gasteiger partial charge < -0.3 is 4.74 Å². The maximum atomic E-state index is 11.4. The van der Waals surface area contributed by atoms with Gasteiger partial charge in [0.05, 0.1) is 0 Å². The van der Waals surface area contributed by atoms with E-state index in [1.807, 2.05) is 24.3 Å². The minimum absolute atomic E-state index is 0.357. The SMILES string of the molecule is C=C(C)C(=O)Oc1ccc(C#CC#Cc2ccc(S)cc2)cc1. The Kier molecular flexibility index (Phi) is 5.69.